The van der Waals surface area contributed by atoms with Crippen molar-refractivity contribution in [3.8, 4) is 0 Å². The van der Waals surface area contributed by atoms with Crippen molar-refractivity contribution in [1.82, 2.24) is 5.32 Å². The standard InChI is InChI=1S/C65H117NO8/c1-3-5-7-9-11-13-15-17-19-21-23-25-27-28-29-30-31-33-34-36-38-40-42-44-46-48-50-52-54-59(68)58(57-73-65-64(72)63(71)62(70)60(56-67)74-65)66-61(69)55-53-51-49-47-45-43-41-39-37-35-32-26-24-22-20-18-16-14-12-10-8-6-4-2/h16,18,22,24,32,35-36,38,44,46,52,54,58-60,62-65,67-68,70-72H,3-15,17,19-21,23,25-31,33-34,37,39-43,45,47-51,53,55-57H2,1-2H3,(H,66,69)/b18-16-,24-22-,35-32-,38-36+,46-44+,54-52+. The van der Waals surface area contributed by atoms with Crippen molar-refractivity contribution in [2.24, 2.45) is 0 Å². The summed E-state index contributed by atoms with van der Waals surface area (Å²) in [6, 6.07) is -0.837. The van der Waals surface area contributed by atoms with Gasteiger partial charge in [0, 0.05) is 6.42 Å². The monoisotopic (exact) mass is 1040 g/mol. The molecule has 9 heteroatoms. The number of carbonyl (C=O) groups is 1. The van der Waals surface area contributed by atoms with Crippen LogP contribution in [0.15, 0.2) is 72.9 Å². The molecule has 7 unspecified atom stereocenters. The van der Waals surface area contributed by atoms with Crippen LogP contribution in [0.3, 0.4) is 0 Å². The minimum absolute atomic E-state index is 0.198. The van der Waals surface area contributed by atoms with E-state index in [4.69, 9.17) is 9.47 Å². The van der Waals surface area contributed by atoms with Gasteiger partial charge in [-0.05, 0) is 83.5 Å². The van der Waals surface area contributed by atoms with Gasteiger partial charge in [0.1, 0.15) is 24.4 Å². The van der Waals surface area contributed by atoms with Gasteiger partial charge in [0.15, 0.2) is 6.29 Å². The molecule has 0 saturated carbocycles. The number of nitrogens with one attached hydrogen (secondary N) is 1. The molecular formula is C65H117NO8. The van der Waals surface area contributed by atoms with Crippen LogP contribution < -0.4 is 5.32 Å². The molecule has 0 aliphatic carbocycles. The lowest BCUT2D eigenvalue weighted by atomic mass is 9.99. The number of hydrogen-bond acceptors (Lipinski definition) is 8. The first-order chi connectivity index (χ1) is 36.3. The number of hydrogen-bond donors (Lipinski definition) is 6. The quantitative estimate of drug-likeness (QED) is 0.0261. The summed E-state index contributed by atoms with van der Waals surface area (Å²) in [7, 11) is 0. The summed E-state index contributed by atoms with van der Waals surface area (Å²) in [6.07, 6.45) is 68.4. The third kappa shape index (κ3) is 42.7. The fraction of sp³-hybridized carbons (Fsp3) is 0.800. The largest absolute Gasteiger partial charge is 0.394 e. The molecule has 7 atom stereocenters. The smallest absolute Gasteiger partial charge is 0.220 e. The van der Waals surface area contributed by atoms with Gasteiger partial charge in [0.2, 0.25) is 5.91 Å². The molecule has 9 nitrogen and oxygen atoms in total. The van der Waals surface area contributed by atoms with Gasteiger partial charge in [0.25, 0.3) is 0 Å². The molecule has 430 valence electrons. The SMILES string of the molecule is CCCCCCC/C=C\C/C=C\C/C=C\CCCCCCCCCCC(=O)NC(COC1OC(CO)C(O)C(O)C1O)C(O)/C=C/CC/C=C/CC/C=C/CCCCCCCCCCCCCCCCCCCC. The van der Waals surface area contributed by atoms with Crippen molar-refractivity contribution in [2.75, 3.05) is 13.2 Å². The lowest BCUT2D eigenvalue weighted by molar-refractivity contribution is -0.302. The maximum absolute atomic E-state index is 13.1. The zero-order chi connectivity index (χ0) is 53.6. The third-order valence-electron chi connectivity index (χ3n) is 14.5. The third-order valence-corrected chi connectivity index (χ3v) is 14.5. The van der Waals surface area contributed by atoms with E-state index >= 15 is 0 Å². The molecule has 0 spiro atoms. The van der Waals surface area contributed by atoms with Gasteiger partial charge in [-0.15, -0.1) is 0 Å². The highest BCUT2D eigenvalue weighted by molar-refractivity contribution is 5.76. The van der Waals surface area contributed by atoms with Crippen LogP contribution in [0, 0.1) is 0 Å². The van der Waals surface area contributed by atoms with Crippen LogP contribution >= 0.6 is 0 Å². The average molecular weight is 1040 g/mol. The molecule has 0 aromatic heterocycles. The minimum Gasteiger partial charge on any atom is -0.394 e. The first-order valence-corrected chi connectivity index (χ1v) is 31.2. The van der Waals surface area contributed by atoms with Gasteiger partial charge < -0.3 is 40.3 Å². The molecule has 1 fully saturated rings. The number of aliphatic hydroxyl groups excluding tert-OH is 5. The topological polar surface area (TPSA) is 149 Å². The Labute approximate surface area is 455 Å². The molecule has 0 radical (unpaired) electrons. The molecule has 1 saturated heterocycles. The molecule has 0 bridgehead atoms. The molecular weight excluding hydrogens is 923 g/mol. The number of carbonyl (C=O) groups excluding carboxylic acids is 1. The molecule has 1 aliphatic heterocycles. The van der Waals surface area contributed by atoms with Crippen molar-refractivity contribution in [1.29, 1.82) is 0 Å². The Hall–Kier alpha value is -2.37. The van der Waals surface area contributed by atoms with Gasteiger partial charge in [-0.25, -0.2) is 0 Å². The average Bonchev–Trinajstić information content (AvgIpc) is 3.40. The fourth-order valence-corrected chi connectivity index (χ4v) is 9.55. The second-order valence-electron chi connectivity index (χ2n) is 21.5. The van der Waals surface area contributed by atoms with E-state index in [0.29, 0.717) is 6.42 Å². The van der Waals surface area contributed by atoms with Crippen molar-refractivity contribution < 1.29 is 39.8 Å². The highest BCUT2D eigenvalue weighted by atomic mass is 16.7. The number of ether oxygens (including phenoxy) is 2. The zero-order valence-corrected chi connectivity index (χ0v) is 47.8. The Kier molecular flexibility index (Phi) is 50.8. The highest BCUT2D eigenvalue weighted by Crippen LogP contribution is 2.23. The van der Waals surface area contributed by atoms with E-state index in [9.17, 15) is 30.3 Å². The Bertz CT molecular complexity index is 1390. The van der Waals surface area contributed by atoms with Gasteiger partial charge >= 0.3 is 0 Å². The Balaban J connectivity index is 2.25. The first-order valence-electron chi connectivity index (χ1n) is 31.2. The molecule has 0 aromatic rings. The van der Waals surface area contributed by atoms with Gasteiger partial charge in [-0.2, -0.15) is 0 Å². The van der Waals surface area contributed by atoms with Crippen LogP contribution in [-0.2, 0) is 14.3 Å². The fourth-order valence-electron chi connectivity index (χ4n) is 9.55. The number of amides is 1. The lowest BCUT2D eigenvalue weighted by Gasteiger charge is -2.40. The predicted molar refractivity (Wildman–Crippen MR) is 313 cm³/mol. The lowest BCUT2D eigenvalue weighted by Crippen LogP contribution is -2.60. The summed E-state index contributed by atoms with van der Waals surface area (Å²) < 4.78 is 11.3. The Morgan fingerprint density at radius 3 is 1.23 bits per heavy atom. The second-order valence-corrected chi connectivity index (χ2v) is 21.5. The summed E-state index contributed by atoms with van der Waals surface area (Å²) in [6.45, 7) is 3.76. The van der Waals surface area contributed by atoms with Crippen LogP contribution in [0.4, 0.5) is 0 Å². The molecule has 6 N–H and O–H groups in total. The zero-order valence-electron chi connectivity index (χ0n) is 47.8. The predicted octanol–water partition coefficient (Wildman–Crippen LogP) is 16.0. The Morgan fingerprint density at radius 2 is 0.811 bits per heavy atom. The summed E-state index contributed by atoms with van der Waals surface area (Å²) >= 11 is 0. The van der Waals surface area contributed by atoms with Crippen molar-refractivity contribution in [3.63, 3.8) is 0 Å². The van der Waals surface area contributed by atoms with E-state index in [-0.39, 0.29) is 12.5 Å². The maximum atomic E-state index is 13.1. The molecule has 1 rings (SSSR count). The summed E-state index contributed by atoms with van der Waals surface area (Å²) in [5, 5.41) is 54.6. The second kappa shape index (κ2) is 54.0. The number of unbranched alkanes of at least 4 members (excludes halogenated alkanes) is 33. The van der Waals surface area contributed by atoms with Crippen LogP contribution in [0.5, 0.6) is 0 Å². The van der Waals surface area contributed by atoms with Crippen molar-refractivity contribution in [3.05, 3.63) is 72.9 Å². The van der Waals surface area contributed by atoms with E-state index in [1.165, 1.54) is 186 Å². The number of aliphatic hydroxyl groups is 5. The molecule has 74 heavy (non-hydrogen) atoms. The number of allylic oxidation sites excluding steroid dienone is 11. The van der Waals surface area contributed by atoms with Crippen LogP contribution in [0.2, 0.25) is 0 Å². The summed E-state index contributed by atoms with van der Waals surface area (Å²) in [5.74, 6) is -0.198. The van der Waals surface area contributed by atoms with E-state index in [0.717, 1.165) is 70.6 Å². The van der Waals surface area contributed by atoms with E-state index in [1.54, 1.807) is 6.08 Å². The Morgan fingerprint density at radius 1 is 0.459 bits per heavy atom. The van der Waals surface area contributed by atoms with Crippen LogP contribution in [-0.4, -0.2) is 87.5 Å². The summed E-state index contributed by atoms with van der Waals surface area (Å²) in [5.41, 5.74) is 0. The van der Waals surface area contributed by atoms with Crippen molar-refractivity contribution in [2.45, 2.75) is 320 Å². The molecule has 0 aromatic carbocycles. The molecule has 1 heterocycles. The first kappa shape index (κ1) is 69.6. The normalized spacial score (nSPS) is 19.5. The van der Waals surface area contributed by atoms with Gasteiger partial charge in [-0.3, -0.25) is 4.79 Å². The van der Waals surface area contributed by atoms with Gasteiger partial charge in [-0.1, -0.05) is 260 Å². The maximum Gasteiger partial charge on any atom is 0.220 e. The van der Waals surface area contributed by atoms with Crippen molar-refractivity contribution >= 4 is 5.91 Å². The van der Waals surface area contributed by atoms with E-state index in [2.05, 4.69) is 79.9 Å². The molecule has 1 amide bonds. The molecule has 1 aliphatic rings. The number of rotatable bonds is 53. The van der Waals surface area contributed by atoms with Crippen LogP contribution in [0.1, 0.15) is 277 Å². The summed E-state index contributed by atoms with van der Waals surface area (Å²) in [4.78, 5) is 13.1. The minimum atomic E-state index is -1.58. The van der Waals surface area contributed by atoms with Crippen LogP contribution in [0.25, 0.3) is 0 Å². The highest BCUT2D eigenvalue weighted by Gasteiger charge is 2.44. The van der Waals surface area contributed by atoms with E-state index < -0.39 is 49.5 Å². The van der Waals surface area contributed by atoms with Gasteiger partial charge in [0.05, 0.1) is 25.4 Å². The van der Waals surface area contributed by atoms with E-state index in [1.807, 2.05) is 6.08 Å².